The first-order valence-electron chi connectivity index (χ1n) is 12.1. The van der Waals surface area contributed by atoms with Gasteiger partial charge in [-0.3, -0.25) is 4.79 Å². The smallest absolute Gasteiger partial charge is 0.416 e. The largest absolute Gasteiger partial charge is 0.441 e. The highest BCUT2D eigenvalue weighted by Gasteiger charge is 2.30. The van der Waals surface area contributed by atoms with Crippen molar-refractivity contribution >= 4 is 22.9 Å². The fraction of sp³-hybridized carbons (Fsp3) is 0.103. The van der Waals surface area contributed by atoms with E-state index in [0.29, 0.717) is 11.6 Å². The average molecular weight is 566 g/mol. The van der Waals surface area contributed by atoms with E-state index in [1.807, 2.05) is 0 Å². The van der Waals surface area contributed by atoms with E-state index < -0.39 is 42.0 Å². The fourth-order valence-electron chi connectivity index (χ4n) is 4.18. The van der Waals surface area contributed by atoms with Crippen LogP contribution in [0.5, 0.6) is 0 Å². The summed E-state index contributed by atoms with van der Waals surface area (Å²) in [5, 5.41) is 10.6. The number of carbonyl (C=O) groups excluding carboxylic acids is 2. The second-order valence-corrected chi connectivity index (χ2v) is 8.94. The number of carbonyl (C=O) groups is 2. The van der Waals surface area contributed by atoms with Gasteiger partial charge in [-0.15, -0.1) is 5.10 Å². The molecule has 1 aromatic heterocycles. The van der Waals surface area contributed by atoms with Gasteiger partial charge >= 0.3 is 12.1 Å². The number of halogens is 5. The van der Waals surface area contributed by atoms with Crippen LogP contribution >= 0.6 is 0 Å². The van der Waals surface area contributed by atoms with E-state index in [9.17, 15) is 31.5 Å². The summed E-state index contributed by atoms with van der Waals surface area (Å²) in [5.74, 6) is -3.05. The van der Waals surface area contributed by atoms with E-state index in [2.05, 4.69) is 15.6 Å². The van der Waals surface area contributed by atoms with Gasteiger partial charge in [0.05, 0.1) is 23.2 Å². The molecule has 0 saturated carbocycles. The van der Waals surface area contributed by atoms with E-state index in [1.165, 1.54) is 28.9 Å². The summed E-state index contributed by atoms with van der Waals surface area (Å²) < 4.78 is 73.3. The molecular formula is C29H19F5N4O3. The van der Waals surface area contributed by atoms with Gasteiger partial charge in [-0.05, 0) is 65.2 Å². The van der Waals surface area contributed by atoms with Crippen LogP contribution in [0.25, 0.3) is 22.2 Å². The molecule has 7 nitrogen and oxygen atoms in total. The molecule has 0 fully saturated rings. The van der Waals surface area contributed by atoms with Gasteiger partial charge in [0.1, 0.15) is 22.7 Å². The quantitative estimate of drug-likeness (QED) is 0.149. The lowest BCUT2D eigenvalue weighted by Gasteiger charge is -2.12. The van der Waals surface area contributed by atoms with Crippen LogP contribution in [0.4, 0.5) is 22.0 Å². The first-order valence-corrected chi connectivity index (χ1v) is 12.1. The number of hydrogen-bond donors (Lipinski definition) is 1. The molecule has 1 heterocycles. The molecule has 41 heavy (non-hydrogen) atoms. The highest BCUT2D eigenvalue weighted by Crippen LogP contribution is 2.31. The van der Waals surface area contributed by atoms with Crippen LogP contribution < -0.4 is 5.32 Å². The molecule has 0 spiro atoms. The van der Waals surface area contributed by atoms with Crippen molar-refractivity contribution < 1.29 is 36.3 Å². The maximum atomic E-state index is 13.9. The maximum Gasteiger partial charge on any atom is 0.416 e. The Bertz CT molecular complexity index is 1720. The number of alkyl halides is 3. The third-order valence-electron chi connectivity index (χ3n) is 6.11. The number of esters is 1. The standard InChI is InChI=1S/C29H19F5N4O3/c30-22-10-19(11-23(31)14-22)20-12-24(27(39)35-16-41-28(40)18-4-2-1-3-5-18)26-25(13-20)36-37-38(26)15-17-6-8-21(9-7-17)29(32,33)34/h1-14H,15-16H2,(H,35,39). The zero-order valence-electron chi connectivity index (χ0n) is 21.0. The number of benzene rings is 4. The van der Waals surface area contributed by atoms with Crippen LogP contribution in [0, 0.1) is 11.6 Å². The molecule has 5 aromatic rings. The predicted molar refractivity (Wildman–Crippen MR) is 138 cm³/mol. The van der Waals surface area contributed by atoms with Gasteiger partial charge in [0, 0.05) is 6.07 Å². The van der Waals surface area contributed by atoms with Gasteiger partial charge in [-0.1, -0.05) is 35.5 Å². The number of rotatable bonds is 7. The molecule has 0 aliphatic carbocycles. The molecule has 12 heteroatoms. The molecule has 0 aliphatic rings. The molecule has 0 radical (unpaired) electrons. The molecule has 0 bridgehead atoms. The molecular weight excluding hydrogens is 547 g/mol. The lowest BCUT2D eigenvalue weighted by molar-refractivity contribution is -0.137. The molecule has 208 valence electrons. The van der Waals surface area contributed by atoms with Crippen LogP contribution in [0.2, 0.25) is 0 Å². The first-order chi connectivity index (χ1) is 19.6. The molecule has 0 aliphatic heterocycles. The minimum Gasteiger partial charge on any atom is -0.441 e. The van der Waals surface area contributed by atoms with Gasteiger partial charge in [-0.25, -0.2) is 18.3 Å². The van der Waals surface area contributed by atoms with Gasteiger partial charge in [0.15, 0.2) is 6.73 Å². The summed E-state index contributed by atoms with van der Waals surface area (Å²) in [4.78, 5) is 25.5. The Morgan fingerprint density at radius 3 is 2.17 bits per heavy atom. The summed E-state index contributed by atoms with van der Waals surface area (Å²) in [6.45, 7) is -0.529. The Morgan fingerprint density at radius 2 is 1.51 bits per heavy atom. The molecule has 0 atom stereocenters. The normalized spacial score (nSPS) is 11.4. The van der Waals surface area contributed by atoms with E-state index >= 15 is 0 Å². The van der Waals surface area contributed by atoms with Crippen LogP contribution in [0.1, 0.15) is 31.8 Å². The molecule has 1 N–H and O–H groups in total. The lowest BCUT2D eigenvalue weighted by Crippen LogP contribution is -2.28. The van der Waals surface area contributed by atoms with E-state index in [-0.39, 0.29) is 39.8 Å². The third kappa shape index (κ3) is 6.21. The molecule has 1 amide bonds. The number of hydrogen-bond acceptors (Lipinski definition) is 5. The molecule has 0 unspecified atom stereocenters. The number of fused-ring (bicyclic) bond motifs is 1. The van der Waals surface area contributed by atoms with Crippen molar-refractivity contribution in [2.24, 2.45) is 0 Å². The lowest BCUT2D eigenvalue weighted by atomic mass is 10.0. The Kier molecular flexibility index (Phi) is 7.47. The number of amides is 1. The molecule has 0 saturated heterocycles. The summed E-state index contributed by atoms with van der Waals surface area (Å²) in [6.07, 6.45) is -4.50. The SMILES string of the molecule is O=C(OCNC(=O)c1cc(-c2cc(F)cc(F)c2)cc2nnn(Cc3ccc(C(F)(F)F)cc3)c12)c1ccccc1. The van der Waals surface area contributed by atoms with E-state index in [4.69, 9.17) is 4.74 Å². The van der Waals surface area contributed by atoms with Crippen LogP contribution in [0.15, 0.2) is 84.9 Å². The highest BCUT2D eigenvalue weighted by molar-refractivity contribution is 6.06. The third-order valence-corrected chi connectivity index (χ3v) is 6.11. The first kappa shape index (κ1) is 27.4. The Morgan fingerprint density at radius 1 is 0.854 bits per heavy atom. The van der Waals surface area contributed by atoms with E-state index in [1.54, 1.807) is 30.3 Å². The minimum atomic E-state index is -4.50. The fourth-order valence-corrected chi connectivity index (χ4v) is 4.18. The minimum absolute atomic E-state index is 0.0187. The van der Waals surface area contributed by atoms with Crippen molar-refractivity contribution in [1.82, 2.24) is 20.3 Å². The second-order valence-electron chi connectivity index (χ2n) is 8.94. The van der Waals surface area contributed by atoms with Crippen molar-refractivity contribution in [3.63, 3.8) is 0 Å². The van der Waals surface area contributed by atoms with Gasteiger partial charge in [0.25, 0.3) is 5.91 Å². The number of ether oxygens (including phenoxy) is 1. The monoisotopic (exact) mass is 566 g/mol. The van der Waals surface area contributed by atoms with Gasteiger partial charge < -0.3 is 10.1 Å². The molecule has 5 rings (SSSR count). The Labute approximate surface area is 229 Å². The van der Waals surface area contributed by atoms with Crippen molar-refractivity contribution in [2.45, 2.75) is 12.7 Å². The topological polar surface area (TPSA) is 86.1 Å². The zero-order chi connectivity index (χ0) is 29.1. The summed E-state index contributed by atoms with van der Waals surface area (Å²) >= 11 is 0. The highest BCUT2D eigenvalue weighted by atomic mass is 19.4. The summed E-state index contributed by atoms with van der Waals surface area (Å²) in [6, 6.07) is 18.3. The van der Waals surface area contributed by atoms with Crippen molar-refractivity contribution in [2.75, 3.05) is 6.73 Å². The Balaban J connectivity index is 1.48. The number of nitrogens with one attached hydrogen (secondary N) is 1. The second kappa shape index (κ2) is 11.2. The zero-order valence-corrected chi connectivity index (χ0v) is 21.0. The van der Waals surface area contributed by atoms with Gasteiger partial charge in [-0.2, -0.15) is 13.2 Å². The predicted octanol–water partition coefficient (Wildman–Crippen LogP) is 5.99. The van der Waals surface area contributed by atoms with Crippen LogP contribution in [-0.4, -0.2) is 33.6 Å². The maximum absolute atomic E-state index is 13.9. The van der Waals surface area contributed by atoms with Crippen LogP contribution in [0.3, 0.4) is 0 Å². The van der Waals surface area contributed by atoms with Gasteiger partial charge in [0.2, 0.25) is 0 Å². The molecule has 4 aromatic carbocycles. The average Bonchev–Trinajstić information content (AvgIpc) is 3.34. The number of aromatic nitrogens is 3. The van der Waals surface area contributed by atoms with Crippen LogP contribution in [-0.2, 0) is 17.5 Å². The van der Waals surface area contributed by atoms with Crippen molar-refractivity contribution in [3.8, 4) is 11.1 Å². The number of nitrogens with zero attached hydrogens (tertiary/aromatic N) is 3. The van der Waals surface area contributed by atoms with Crippen molar-refractivity contribution in [3.05, 3.63) is 119 Å². The van der Waals surface area contributed by atoms with E-state index in [0.717, 1.165) is 24.3 Å². The summed E-state index contributed by atoms with van der Waals surface area (Å²) in [7, 11) is 0. The Hall–Kier alpha value is -5.13. The van der Waals surface area contributed by atoms with Crippen molar-refractivity contribution in [1.29, 1.82) is 0 Å². The summed E-state index contributed by atoms with van der Waals surface area (Å²) in [5.41, 5.74) is 0.664.